The van der Waals surface area contributed by atoms with Crippen molar-refractivity contribution in [2.75, 3.05) is 53.1 Å². The Labute approximate surface area is 214 Å². The van der Waals surface area contributed by atoms with Crippen LogP contribution in [0.4, 0.5) is 4.79 Å². The highest BCUT2D eigenvalue weighted by atomic mass is 127. The topological polar surface area (TPSA) is 84.4 Å². The number of nitrogens with zero attached hydrogens (tertiary/aromatic N) is 2. The Morgan fingerprint density at radius 3 is 2.39 bits per heavy atom. The van der Waals surface area contributed by atoms with Crippen LogP contribution in [0.5, 0.6) is 5.75 Å². The van der Waals surface area contributed by atoms with Gasteiger partial charge in [0.1, 0.15) is 5.75 Å². The van der Waals surface area contributed by atoms with Gasteiger partial charge in [0, 0.05) is 51.4 Å². The number of halogens is 1. The summed E-state index contributed by atoms with van der Waals surface area (Å²) in [7, 11) is 1.80. The van der Waals surface area contributed by atoms with Gasteiger partial charge in [0.25, 0.3) is 0 Å². The number of benzene rings is 1. The quantitative estimate of drug-likeness (QED) is 0.295. The number of piperidine rings is 1. The summed E-state index contributed by atoms with van der Waals surface area (Å²) in [5, 5.41) is 7.11. The Morgan fingerprint density at radius 1 is 1.15 bits per heavy atom. The lowest BCUT2D eigenvalue weighted by molar-refractivity contribution is 0.0513. The van der Waals surface area contributed by atoms with E-state index in [-0.39, 0.29) is 41.5 Å². The SMILES string of the molecule is CCOC(=O)N1CCC(NC(=NC)NCC2(c3ccc(OCC)cc3)CCOCC2)CC1.I. The van der Waals surface area contributed by atoms with E-state index in [0.29, 0.717) is 26.3 Å². The Bertz CT molecular complexity index is 745. The van der Waals surface area contributed by atoms with Gasteiger partial charge in [-0.05, 0) is 57.2 Å². The molecule has 2 aliphatic heterocycles. The Kier molecular flexibility index (Phi) is 11.5. The molecule has 1 aromatic carbocycles. The second-order valence-electron chi connectivity index (χ2n) is 8.38. The first-order valence-electron chi connectivity index (χ1n) is 11.8. The van der Waals surface area contributed by atoms with E-state index >= 15 is 0 Å². The monoisotopic (exact) mass is 574 g/mol. The van der Waals surface area contributed by atoms with Crippen LogP contribution in [0, 0.1) is 0 Å². The maximum absolute atomic E-state index is 11.9. The van der Waals surface area contributed by atoms with E-state index in [4.69, 9.17) is 14.2 Å². The minimum absolute atomic E-state index is 0. The fraction of sp³-hybridized carbons (Fsp3) is 0.667. The van der Waals surface area contributed by atoms with Crippen LogP contribution >= 0.6 is 24.0 Å². The number of aliphatic imine (C=N–C) groups is 1. The lowest BCUT2D eigenvalue weighted by Gasteiger charge is -2.39. The van der Waals surface area contributed by atoms with Gasteiger partial charge >= 0.3 is 6.09 Å². The first-order valence-corrected chi connectivity index (χ1v) is 11.8. The molecule has 2 heterocycles. The van der Waals surface area contributed by atoms with Gasteiger partial charge in [0.2, 0.25) is 0 Å². The fourth-order valence-corrected chi connectivity index (χ4v) is 4.46. The number of carbonyl (C=O) groups excluding carboxylic acids is 1. The van der Waals surface area contributed by atoms with Gasteiger partial charge in [-0.2, -0.15) is 0 Å². The van der Waals surface area contributed by atoms with Crippen molar-refractivity contribution < 1.29 is 19.0 Å². The van der Waals surface area contributed by atoms with Gasteiger partial charge < -0.3 is 29.7 Å². The molecule has 0 spiro atoms. The van der Waals surface area contributed by atoms with E-state index in [0.717, 1.165) is 57.2 Å². The van der Waals surface area contributed by atoms with Crippen LogP contribution in [0.25, 0.3) is 0 Å². The zero-order valence-electron chi connectivity index (χ0n) is 20.1. The molecule has 1 amide bonds. The summed E-state index contributed by atoms with van der Waals surface area (Å²) in [6, 6.07) is 8.75. The molecular weight excluding hydrogens is 535 g/mol. The van der Waals surface area contributed by atoms with Crippen molar-refractivity contribution in [3.8, 4) is 5.75 Å². The maximum Gasteiger partial charge on any atom is 0.409 e. The molecule has 2 fully saturated rings. The molecule has 2 saturated heterocycles. The average molecular weight is 575 g/mol. The highest BCUT2D eigenvalue weighted by Crippen LogP contribution is 2.35. The summed E-state index contributed by atoms with van der Waals surface area (Å²) < 4.78 is 16.4. The summed E-state index contributed by atoms with van der Waals surface area (Å²) in [5.74, 6) is 1.70. The number of amides is 1. The number of rotatable bonds is 7. The smallest absolute Gasteiger partial charge is 0.409 e. The van der Waals surface area contributed by atoms with Gasteiger partial charge in [0.05, 0.1) is 13.2 Å². The van der Waals surface area contributed by atoms with Crippen molar-refractivity contribution in [3.63, 3.8) is 0 Å². The molecule has 0 atom stereocenters. The number of guanidine groups is 1. The zero-order valence-corrected chi connectivity index (χ0v) is 22.4. The third-order valence-electron chi connectivity index (χ3n) is 6.41. The summed E-state index contributed by atoms with van der Waals surface area (Å²) in [6.45, 7) is 8.60. The van der Waals surface area contributed by atoms with Crippen LogP contribution in [0.3, 0.4) is 0 Å². The van der Waals surface area contributed by atoms with Crippen molar-refractivity contribution in [2.24, 2.45) is 4.99 Å². The molecule has 0 radical (unpaired) electrons. The molecule has 0 bridgehead atoms. The molecule has 2 aliphatic rings. The zero-order chi connectivity index (χ0) is 22.8. The summed E-state index contributed by atoms with van der Waals surface area (Å²) in [6.07, 6.45) is 3.45. The first-order chi connectivity index (χ1) is 15.6. The standard InChI is InChI=1S/C24H38N4O4.HI/c1-4-31-21-8-6-19(7-9-21)24(12-16-30-17-13-24)18-26-22(25-3)27-20-10-14-28(15-11-20)23(29)32-5-2;/h6-9,20H,4-5,10-18H2,1-3H3,(H2,25,26,27);1H. The molecule has 0 saturated carbocycles. The van der Waals surface area contributed by atoms with Crippen LogP contribution < -0.4 is 15.4 Å². The Morgan fingerprint density at radius 2 is 1.82 bits per heavy atom. The molecule has 0 unspecified atom stereocenters. The van der Waals surface area contributed by atoms with E-state index in [1.165, 1.54) is 5.56 Å². The van der Waals surface area contributed by atoms with Crippen LogP contribution in [-0.2, 0) is 14.9 Å². The van der Waals surface area contributed by atoms with Crippen LogP contribution in [0.15, 0.2) is 29.3 Å². The molecule has 9 heteroatoms. The van der Waals surface area contributed by atoms with Crippen molar-refractivity contribution in [3.05, 3.63) is 29.8 Å². The van der Waals surface area contributed by atoms with E-state index in [2.05, 4.69) is 39.9 Å². The fourth-order valence-electron chi connectivity index (χ4n) is 4.46. The van der Waals surface area contributed by atoms with E-state index in [1.54, 1.807) is 11.9 Å². The second-order valence-corrected chi connectivity index (χ2v) is 8.38. The lowest BCUT2D eigenvalue weighted by Crippen LogP contribution is -2.52. The van der Waals surface area contributed by atoms with Gasteiger partial charge in [-0.1, -0.05) is 12.1 Å². The van der Waals surface area contributed by atoms with E-state index in [9.17, 15) is 4.79 Å². The Balaban J connectivity index is 0.00000385. The number of nitrogens with one attached hydrogen (secondary N) is 2. The molecule has 186 valence electrons. The Hall–Kier alpha value is -1.75. The van der Waals surface area contributed by atoms with Crippen LogP contribution in [0.1, 0.15) is 45.1 Å². The number of likely N-dealkylation sites (tertiary alicyclic amines) is 1. The van der Waals surface area contributed by atoms with E-state index in [1.807, 2.05) is 13.8 Å². The van der Waals surface area contributed by atoms with Crippen molar-refractivity contribution in [2.45, 2.75) is 51.0 Å². The predicted molar refractivity (Wildman–Crippen MR) is 141 cm³/mol. The molecule has 3 rings (SSSR count). The molecular formula is C24H39IN4O4. The molecule has 1 aromatic rings. The normalized spacial score (nSPS) is 18.8. The van der Waals surface area contributed by atoms with Crippen LogP contribution in [0.2, 0.25) is 0 Å². The molecule has 0 aromatic heterocycles. The highest BCUT2D eigenvalue weighted by molar-refractivity contribution is 14.0. The van der Waals surface area contributed by atoms with Gasteiger partial charge in [-0.15, -0.1) is 24.0 Å². The first kappa shape index (κ1) is 27.5. The van der Waals surface area contributed by atoms with Gasteiger partial charge in [-0.25, -0.2) is 4.79 Å². The molecule has 0 aliphatic carbocycles. The number of ether oxygens (including phenoxy) is 3. The van der Waals surface area contributed by atoms with Crippen molar-refractivity contribution >= 4 is 36.0 Å². The van der Waals surface area contributed by atoms with Crippen molar-refractivity contribution in [1.82, 2.24) is 15.5 Å². The van der Waals surface area contributed by atoms with Crippen molar-refractivity contribution in [1.29, 1.82) is 0 Å². The third-order valence-corrected chi connectivity index (χ3v) is 6.41. The number of hydrogen-bond acceptors (Lipinski definition) is 5. The molecule has 2 N–H and O–H groups in total. The predicted octanol–water partition coefficient (Wildman–Crippen LogP) is 3.54. The lowest BCUT2D eigenvalue weighted by atomic mass is 9.74. The minimum Gasteiger partial charge on any atom is -0.494 e. The maximum atomic E-state index is 11.9. The van der Waals surface area contributed by atoms with Gasteiger partial charge in [-0.3, -0.25) is 4.99 Å². The second kappa shape index (κ2) is 13.8. The van der Waals surface area contributed by atoms with E-state index < -0.39 is 0 Å². The minimum atomic E-state index is -0.217. The largest absolute Gasteiger partial charge is 0.494 e. The summed E-state index contributed by atoms with van der Waals surface area (Å²) in [5.41, 5.74) is 1.29. The summed E-state index contributed by atoms with van der Waals surface area (Å²) >= 11 is 0. The van der Waals surface area contributed by atoms with Crippen LogP contribution in [-0.4, -0.2) is 76.1 Å². The van der Waals surface area contributed by atoms with Gasteiger partial charge in [0.15, 0.2) is 5.96 Å². The number of carbonyl (C=O) groups is 1. The molecule has 33 heavy (non-hydrogen) atoms. The summed E-state index contributed by atoms with van der Waals surface area (Å²) in [4.78, 5) is 18.1. The average Bonchev–Trinajstić information content (AvgIpc) is 2.83. The highest BCUT2D eigenvalue weighted by Gasteiger charge is 2.35. The third kappa shape index (κ3) is 7.63. The molecule has 8 nitrogen and oxygen atoms in total. The number of hydrogen-bond donors (Lipinski definition) is 2.